The molecule has 0 unspecified atom stereocenters. The molecule has 5 nitrogen and oxygen atoms in total. The third-order valence-corrected chi connectivity index (χ3v) is 5.56. The van der Waals surface area contributed by atoms with Crippen LogP contribution in [0, 0.1) is 23.0 Å². The number of carbonyl (C=O) groups is 1. The van der Waals surface area contributed by atoms with Gasteiger partial charge < -0.3 is 4.90 Å². The lowest BCUT2D eigenvalue weighted by Crippen LogP contribution is -2.35. The molecule has 0 aliphatic carbocycles. The summed E-state index contributed by atoms with van der Waals surface area (Å²) in [6.45, 7) is 4.77. The molecule has 0 N–H and O–H groups in total. The van der Waals surface area contributed by atoms with Crippen molar-refractivity contribution < 1.29 is 13.6 Å². The zero-order valence-corrected chi connectivity index (χ0v) is 15.8. The monoisotopic (exact) mass is 401 g/mol. The first kappa shape index (κ1) is 19.7. The molecule has 0 bridgehead atoms. The van der Waals surface area contributed by atoms with Crippen molar-refractivity contribution >= 4 is 28.9 Å². The van der Waals surface area contributed by atoms with Crippen LogP contribution < -0.4 is 14.8 Å². The Labute approximate surface area is 163 Å². The first-order valence-electron chi connectivity index (χ1n) is 8.68. The molecule has 0 spiro atoms. The van der Waals surface area contributed by atoms with Crippen LogP contribution in [0.3, 0.4) is 0 Å². The number of likely N-dealkylation sites (tertiary alicyclic amines) is 1. The van der Waals surface area contributed by atoms with E-state index in [2.05, 4.69) is 6.58 Å². The highest BCUT2D eigenvalue weighted by Gasteiger charge is 2.24. The fourth-order valence-electron chi connectivity index (χ4n) is 3.05. The largest absolute Gasteiger partial charge is 0.338 e. The van der Waals surface area contributed by atoms with E-state index < -0.39 is 23.1 Å². The van der Waals surface area contributed by atoms with Gasteiger partial charge in [-0.25, -0.2) is 8.78 Å². The van der Waals surface area contributed by atoms with Crippen molar-refractivity contribution in [3.05, 3.63) is 67.6 Å². The summed E-state index contributed by atoms with van der Waals surface area (Å²) < 4.78 is 29.4. The average molecular weight is 401 g/mol. The Morgan fingerprint density at radius 3 is 2.50 bits per heavy atom. The summed E-state index contributed by atoms with van der Waals surface area (Å²) in [5, 5.41) is 9.58. The molecule has 1 aromatic heterocycles. The Morgan fingerprint density at radius 2 is 1.93 bits per heavy atom. The number of rotatable bonds is 4. The summed E-state index contributed by atoms with van der Waals surface area (Å²) >= 11 is 0.865. The summed E-state index contributed by atoms with van der Waals surface area (Å²) in [6.07, 6.45) is 4.29. The number of benzene rings is 1. The maximum atomic E-state index is 14.0. The minimum Gasteiger partial charge on any atom is -0.338 e. The highest BCUT2D eigenvalue weighted by Crippen LogP contribution is 2.13. The van der Waals surface area contributed by atoms with Gasteiger partial charge in [0, 0.05) is 25.2 Å². The van der Waals surface area contributed by atoms with Gasteiger partial charge in [-0.3, -0.25) is 14.2 Å². The Kier molecular flexibility index (Phi) is 5.85. The van der Waals surface area contributed by atoms with Gasteiger partial charge >= 0.3 is 0 Å². The quantitative estimate of drug-likeness (QED) is 0.730. The molecule has 2 aromatic rings. The van der Waals surface area contributed by atoms with Crippen molar-refractivity contribution in [2.45, 2.75) is 19.4 Å². The highest BCUT2D eigenvalue weighted by atomic mass is 32.1. The van der Waals surface area contributed by atoms with Crippen LogP contribution in [-0.4, -0.2) is 28.5 Å². The number of halogens is 2. The topological polar surface area (TPSA) is 66.1 Å². The van der Waals surface area contributed by atoms with E-state index in [1.807, 2.05) is 6.07 Å². The smallest absolute Gasteiger partial charge is 0.269 e. The van der Waals surface area contributed by atoms with Gasteiger partial charge in [0.25, 0.3) is 11.5 Å². The van der Waals surface area contributed by atoms with Gasteiger partial charge in [-0.05, 0) is 31.1 Å². The minimum absolute atomic E-state index is 0.0304. The molecular formula is C20H17F2N3O2S. The molecule has 0 saturated carbocycles. The van der Waals surface area contributed by atoms with E-state index in [9.17, 15) is 23.6 Å². The van der Waals surface area contributed by atoms with Crippen LogP contribution in [0.5, 0.6) is 0 Å². The third kappa shape index (κ3) is 3.66. The average Bonchev–Trinajstić information content (AvgIpc) is 3.30. The maximum absolute atomic E-state index is 14.0. The zero-order valence-electron chi connectivity index (χ0n) is 15.0. The molecule has 8 heteroatoms. The molecule has 0 radical (unpaired) electrons. The normalized spacial score (nSPS) is 15.5. The summed E-state index contributed by atoms with van der Waals surface area (Å²) in [5.74, 6) is -2.05. The molecule has 1 fully saturated rings. The van der Waals surface area contributed by atoms with Crippen molar-refractivity contribution in [3.8, 4) is 6.07 Å². The lowest BCUT2D eigenvalue weighted by atomic mass is 10.2. The second-order valence-corrected chi connectivity index (χ2v) is 7.27. The molecule has 28 heavy (non-hydrogen) atoms. The Morgan fingerprint density at radius 1 is 1.29 bits per heavy atom. The summed E-state index contributed by atoms with van der Waals surface area (Å²) in [7, 11) is 0. The number of aromatic nitrogens is 1. The number of hydrogen-bond donors (Lipinski definition) is 0. The van der Waals surface area contributed by atoms with Crippen molar-refractivity contribution in [1.29, 1.82) is 5.26 Å². The van der Waals surface area contributed by atoms with E-state index in [0.29, 0.717) is 13.1 Å². The highest BCUT2D eigenvalue weighted by molar-refractivity contribution is 7.07. The fraction of sp³-hybridized carbons (Fsp3) is 0.250. The lowest BCUT2D eigenvalue weighted by Gasteiger charge is -2.13. The summed E-state index contributed by atoms with van der Waals surface area (Å²) in [6, 6.07) is 5.32. The SMILES string of the molecule is C=CCn1c(=C(C#N)C(=O)N2CCCC2)sc(=Cc2c(F)cccc2F)c1=O. The molecule has 1 saturated heterocycles. The van der Waals surface area contributed by atoms with E-state index in [1.165, 1.54) is 16.7 Å². The predicted octanol–water partition coefficient (Wildman–Crippen LogP) is 1.50. The minimum atomic E-state index is -0.803. The predicted molar refractivity (Wildman–Crippen MR) is 103 cm³/mol. The van der Waals surface area contributed by atoms with Crippen LogP contribution in [0.15, 0.2) is 35.6 Å². The summed E-state index contributed by atoms with van der Waals surface area (Å²) in [5.41, 5.74) is -1.04. The van der Waals surface area contributed by atoms with Crippen molar-refractivity contribution in [1.82, 2.24) is 9.47 Å². The molecule has 2 heterocycles. The number of nitriles is 1. The van der Waals surface area contributed by atoms with E-state index >= 15 is 0 Å². The van der Waals surface area contributed by atoms with Gasteiger partial charge in [0.05, 0.1) is 4.53 Å². The van der Waals surface area contributed by atoms with Crippen LogP contribution in [-0.2, 0) is 11.3 Å². The van der Waals surface area contributed by atoms with Crippen molar-refractivity contribution in [3.63, 3.8) is 0 Å². The number of thiazole rings is 1. The Bertz CT molecular complexity index is 1130. The Hall–Kier alpha value is -3.05. The van der Waals surface area contributed by atoms with Gasteiger partial charge in [-0.15, -0.1) is 17.9 Å². The van der Waals surface area contributed by atoms with Crippen LogP contribution in [0.2, 0.25) is 0 Å². The van der Waals surface area contributed by atoms with Gasteiger partial charge in [0.1, 0.15) is 22.4 Å². The van der Waals surface area contributed by atoms with E-state index in [1.54, 1.807) is 4.90 Å². The second kappa shape index (κ2) is 8.31. The second-order valence-electron chi connectivity index (χ2n) is 6.24. The van der Waals surface area contributed by atoms with E-state index in [0.717, 1.165) is 42.4 Å². The fourth-order valence-corrected chi connectivity index (χ4v) is 4.13. The first-order valence-corrected chi connectivity index (χ1v) is 9.49. The van der Waals surface area contributed by atoms with Crippen molar-refractivity contribution in [2.75, 3.05) is 13.1 Å². The molecule has 0 atom stereocenters. The number of nitrogens with zero attached hydrogens (tertiary/aromatic N) is 3. The number of amides is 1. The van der Waals surface area contributed by atoms with E-state index in [-0.39, 0.29) is 26.9 Å². The number of carbonyl (C=O) groups excluding carboxylic acids is 1. The van der Waals surface area contributed by atoms with Crippen LogP contribution >= 0.6 is 11.3 Å². The molecule has 3 rings (SSSR count). The van der Waals surface area contributed by atoms with Gasteiger partial charge in [0.2, 0.25) is 0 Å². The molecule has 1 aliphatic heterocycles. The van der Waals surface area contributed by atoms with Crippen LogP contribution in [0.1, 0.15) is 18.4 Å². The molecular weight excluding hydrogens is 384 g/mol. The molecule has 1 amide bonds. The van der Waals surface area contributed by atoms with Gasteiger partial charge in [0.15, 0.2) is 5.57 Å². The van der Waals surface area contributed by atoms with Crippen molar-refractivity contribution in [2.24, 2.45) is 0 Å². The molecule has 144 valence electrons. The zero-order chi connectivity index (χ0) is 20.3. The molecule has 1 aromatic carbocycles. The molecule has 1 aliphatic rings. The third-order valence-electron chi connectivity index (χ3n) is 4.43. The van der Waals surface area contributed by atoms with Gasteiger partial charge in [-0.1, -0.05) is 12.1 Å². The number of hydrogen-bond acceptors (Lipinski definition) is 4. The van der Waals surface area contributed by atoms with Crippen LogP contribution in [0.4, 0.5) is 8.78 Å². The first-order chi connectivity index (χ1) is 13.5. The lowest BCUT2D eigenvalue weighted by molar-refractivity contribution is -0.123. The summed E-state index contributed by atoms with van der Waals surface area (Å²) in [4.78, 5) is 27.1. The Balaban J connectivity index is 2.28. The van der Waals surface area contributed by atoms with E-state index in [4.69, 9.17) is 0 Å². The standard InChI is InChI=1S/C20H17F2N3O2S/c1-2-8-25-19(27)17(11-13-15(21)6-5-7-16(13)22)28-20(25)14(12-23)18(26)24-9-3-4-10-24/h2,5-7,11H,1,3-4,8-10H2. The number of allylic oxidation sites excluding steroid dienone is 1. The van der Waals surface area contributed by atoms with Crippen LogP contribution in [0.25, 0.3) is 11.6 Å². The van der Waals surface area contributed by atoms with Gasteiger partial charge in [-0.2, -0.15) is 5.26 Å². The maximum Gasteiger partial charge on any atom is 0.269 e.